The molecule has 1 fully saturated rings. The average molecular weight is 317 g/mol. The zero-order chi connectivity index (χ0) is 16.5. The lowest BCUT2D eigenvalue weighted by Crippen LogP contribution is -2.50. The van der Waals surface area contributed by atoms with E-state index in [-0.39, 0.29) is 11.1 Å². The third-order valence-corrected chi connectivity index (χ3v) is 9.99. The second kappa shape index (κ2) is 6.01. The van der Waals surface area contributed by atoms with Crippen molar-refractivity contribution >= 4 is 24.5 Å². The molecule has 3 nitrogen and oxygen atoms in total. The molecule has 0 atom stereocenters. The molecule has 0 bridgehead atoms. The zero-order valence-corrected chi connectivity index (χ0v) is 15.2. The van der Waals surface area contributed by atoms with Crippen molar-refractivity contribution in [2.24, 2.45) is 0 Å². The van der Waals surface area contributed by atoms with Crippen LogP contribution in [0.2, 0.25) is 0 Å². The highest BCUT2D eigenvalue weighted by atomic mass is 31.2. The van der Waals surface area contributed by atoms with Crippen molar-refractivity contribution in [3.8, 4) is 0 Å². The van der Waals surface area contributed by atoms with Gasteiger partial charge in [-0.2, -0.15) is 0 Å². The summed E-state index contributed by atoms with van der Waals surface area (Å²) in [6.07, 6.45) is 4.30. The molecule has 0 radical (unpaired) electrons. The standard InChI is InChI=1S/C18H25N2OP/c1-7-22(5,6)18(9-8-10-18)17(21)20-16-13(2)11-15(19-4)12-14(16)3/h11-12H,7-10H2,1-3,5-6H3/p+1. The van der Waals surface area contributed by atoms with Gasteiger partial charge >= 0.3 is 0 Å². The predicted octanol–water partition coefficient (Wildman–Crippen LogP) is 5.01. The SMILES string of the molecule is [C-]#[N+]c1cc(C)c(NC(=O)C2([P+](C)(C)CC)CCC2)c(C)c1. The lowest BCUT2D eigenvalue weighted by atomic mass is 9.83. The highest BCUT2D eigenvalue weighted by Gasteiger charge is 2.60. The number of aryl methyl sites for hydroxylation is 2. The lowest BCUT2D eigenvalue weighted by Gasteiger charge is -2.45. The monoisotopic (exact) mass is 317 g/mol. The second-order valence-corrected chi connectivity index (χ2v) is 11.8. The first-order valence-electron chi connectivity index (χ1n) is 7.90. The largest absolute Gasteiger partial charge is 0.322 e. The molecule has 1 N–H and O–H groups in total. The molecule has 1 amide bonds. The fraction of sp³-hybridized carbons (Fsp3) is 0.556. The molecule has 4 heteroatoms. The zero-order valence-electron chi connectivity index (χ0n) is 14.3. The summed E-state index contributed by atoms with van der Waals surface area (Å²) in [6.45, 7) is 17.9. The Morgan fingerprint density at radius 2 is 1.86 bits per heavy atom. The first-order chi connectivity index (χ1) is 10.3. The Morgan fingerprint density at radius 1 is 1.32 bits per heavy atom. The van der Waals surface area contributed by atoms with Crippen LogP contribution in [-0.4, -0.2) is 30.6 Å². The number of hydrogen-bond acceptors (Lipinski definition) is 1. The van der Waals surface area contributed by atoms with Gasteiger partial charge in [0, 0.05) is 26.3 Å². The molecule has 0 aliphatic heterocycles. The minimum Gasteiger partial charge on any atom is -0.322 e. The summed E-state index contributed by atoms with van der Waals surface area (Å²) in [7, 11) is -1.26. The van der Waals surface area contributed by atoms with Gasteiger partial charge in [0.1, 0.15) is 0 Å². The molecule has 0 unspecified atom stereocenters. The van der Waals surface area contributed by atoms with E-state index in [2.05, 4.69) is 30.4 Å². The first-order valence-corrected chi connectivity index (χ1v) is 10.8. The van der Waals surface area contributed by atoms with Crippen molar-refractivity contribution in [1.29, 1.82) is 0 Å². The molecule has 0 aromatic heterocycles. The van der Waals surface area contributed by atoms with Crippen LogP contribution in [-0.2, 0) is 4.79 Å². The number of carbonyl (C=O) groups is 1. The number of benzene rings is 1. The van der Waals surface area contributed by atoms with Crippen LogP contribution in [0.25, 0.3) is 4.85 Å². The molecule has 0 spiro atoms. The summed E-state index contributed by atoms with van der Waals surface area (Å²) < 4.78 is 0. The molecule has 1 aromatic carbocycles. The summed E-state index contributed by atoms with van der Waals surface area (Å²) in [5, 5.41) is 3.06. The Bertz CT molecular complexity index is 616. The van der Waals surface area contributed by atoms with E-state index < -0.39 is 7.26 Å². The molecule has 0 heterocycles. The Morgan fingerprint density at radius 3 is 2.23 bits per heavy atom. The maximum Gasteiger partial charge on any atom is 0.268 e. The van der Waals surface area contributed by atoms with Crippen LogP contribution in [0.1, 0.15) is 37.3 Å². The van der Waals surface area contributed by atoms with Crippen LogP contribution < -0.4 is 5.32 Å². The van der Waals surface area contributed by atoms with Gasteiger partial charge < -0.3 is 5.32 Å². The van der Waals surface area contributed by atoms with Crippen LogP contribution in [0.5, 0.6) is 0 Å². The van der Waals surface area contributed by atoms with Crippen LogP contribution in [0, 0.1) is 20.4 Å². The van der Waals surface area contributed by atoms with Gasteiger partial charge in [0.2, 0.25) is 0 Å². The minimum absolute atomic E-state index is 0.140. The topological polar surface area (TPSA) is 33.5 Å². The van der Waals surface area contributed by atoms with Crippen LogP contribution in [0.4, 0.5) is 11.4 Å². The predicted molar refractivity (Wildman–Crippen MR) is 96.7 cm³/mol. The summed E-state index contributed by atoms with van der Waals surface area (Å²) >= 11 is 0. The molecule has 1 saturated carbocycles. The van der Waals surface area contributed by atoms with E-state index in [4.69, 9.17) is 6.57 Å². The summed E-state index contributed by atoms with van der Waals surface area (Å²) in [5.41, 5.74) is 3.47. The number of rotatable bonds is 4. The fourth-order valence-electron chi connectivity index (χ4n) is 3.35. The smallest absolute Gasteiger partial charge is 0.268 e. The molecule has 1 aliphatic rings. The van der Waals surface area contributed by atoms with Gasteiger partial charge in [0.05, 0.1) is 12.7 Å². The van der Waals surface area contributed by atoms with E-state index in [0.717, 1.165) is 42.2 Å². The summed E-state index contributed by atoms with van der Waals surface area (Å²) in [6, 6.07) is 3.70. The molecule has 0 saturated heterocycles. The Labute approximate surface area is 134 Å². The van der Waals surface area contributed by atoms with Crippen LogP contribution >= 0.6 is 7.26 Å². The average Bonchev–Trinajstić information content (AvgIpc) is 2.40. The fourth-order valence-corrected chi connectivity index (χ4v) is 6.09. The van der Waals surface area contributed by atoms with Crippen molar-refractivity contribution < 1.29 is 4.79 Å². The molecule has 1 aromatic rings. The van der Waals surface area contributed by atoms with E-state index in [9.17, 15) is 4.79 Å². The Hall–Kier alpha value is -1.39. The van der Waals surface area contributed by atoms with E-state index in [0.29, 0.717) is 5.69 Å². The summed E-state index contributed by atoms with van der Waals surface area (Å²) in [5.74, 6) is 0.195. The van der Waals surface area contributed by atoms with Gasteiger partial charge in [-0.15, -0.1) is 0 Å². The molecular weight excluding hydrogens is 291 g/mol. The molecule has 22 heavy (non-hydrogen) atoms. The van der Waals surface area contributed by atoms with Crippen molar-refractivity contribution in [3.05, 3.63) is 34.7 Å². The van der Waals surface area contributed by atoms with Crippen LogP contribution in [0.3, 0.4) is 0 Å². The number of nitrogens with one attached hydrogen (secondary N) is 1. The molecule has 1 aliphatic carbocycles. The Kier molecular flexibility index (Phi) is 4.64. The van der Waals surface area contributed by atoms with E-state index in [1.165, 1.54) is 0 Å². The van der Waals surface area contributed by atoms with Gasteiger partial charge in [-0.1, -0.05) is 12.1 Å². The third-order valence-electron chi connectivity index (χ3n) is 5.44. The maximum absolute atomic E-state index is 13.0. The van der Waals surface area contributed by atoms with Gasteiger partial charge in [-0.3, -0.25) is 4.79 Å². The molecular formula is C18H26N2OP+. The van der Waals surface area contributed by atoms with Gasteiger partial charge in [-0.25, -0.2) is 4.85 Å². The van der Waals surface area contributed by atoms with Crippen molar-refractivity contribution in [2.75, 3.05) is 24.8 Å². The third kappa shape index (κ3) is 2.66. The maximum atomic E-state index is 13.0. The summed E-state index contributed by atoms with van der Waals surface area (Å²) in [4.78, 5) is 16.5. The number of nitrogens with zero attached hydrogens (tertiary/aromatic N) is 1. The van der Waals surface area contributed by atoms with E-state index >= 15 is 0 Å². The Balaban J connectivity index is 2.32. The quantitative estimate of drug-likeness (QED) is 0.614. The molecule has 118 valence electrons. The van der Waals surface area contributed by atoms with E-state index in [1.54, 1.807) is 0 Å². The first kappa shape index (κ1) is 17.0. The van der Waals surface area contributed by atoms with E-state index in [1.807, 2.05) is 26.0 Å². The normalized spacial score (nSPS) is 16.5. The van der Waals surface area contributed by atoms with Gasteiger partial charge in [-0.05, 0) is 51.2 Å². The van der Waals surface area contributed by atoms with Crippen molar-refractivity contribution in [2.45, 2.75) is 45.2 Å². The lowest BCUT2D eigenvalue weighted by molar-refractivity contribution is -0.120. The number of carbonyl (C=O) groups excluding carboxylic acids is 1. The number of amides is 1. The number of anilines is 1. The van der Waals surface area contributed by atoms with Gasteiger partial charge in [0.25, 0.3) is 5.91 Å². The number of hydrogen-bond donors (Lipinski definition) is 1. The second-order valence-electron chi connectivity index (χ2n) is 6.91. The van der Waals surface area contributed by atoms with Crippen molar-refractivity contribution in [1.82, 2.24) is 0 Å². The highest BCUT2D eigenvalue weighted by Crippen LogP contribution is 2.70. The highest BCUT2D eigenvalue weighted by molar-refractivity contribution is 7.77. The van der Waals surface area contributed by atoms with Crippen LogP contribution in [0.15, 0.2) is 12.1 Å². The molecule has 2 rings (SSSR count). The minimum atomic E-state index is -1.26. The van der Waals surface area contributed by atoms with Crippen molar-refractivity contribution in [3.63, 3.8) is 0 Å². The van der Waals surface area contributed by atoms with Gasteiger partial charge in [0.15, 0.2) is 10.8 Å².